The Hall–Kier alpha value is -2.14. The number of aromatic hydroxyl groups is 1. The molecule has 0 unspecified atom stereocenters. The molecule has 2 bridgehead atoms. The van der Waals surface area contributed by atoms with Crippen LogP contribution in [0, 0.1) is 12.8 Å². The fourth-order valence-corrected chi connectivity index (χ4v) is 5.69. The van der Waals surface area contributed by atoms with E-state index < -0.39 is 0 Å². The Labute approximate surface area is 161 Å². The van der Waals surface area contributed by atoms with Crippen LogP contribution in [-0.2, 0) is 6.42 Å². The molecule has 2 aromatic rings. The van der Waals surface area contributed by atoms with Gasteiger partial charge in [-0.05, 0) is 62.9 Å². The monoisotopic (exact) mass is 364 g/mol. The van der Waals surface area contributed by atoms with Crippen LogP contribution in [0.4, 0.5) is 5.82 Å². The van der Waals surface area contributed by atoms with Crippen molar-refractivity contribution in [3.05, 3.63) is 47.4 Å². The van der Waals surface area contributed by atoms with E-state index >= 15 is 0 Å². The third-order valence-corrected chi connectivity index (χ3v) is 6.91. The molecule has 5 nitrogen and oxygen atoms in total. The number of anilines is 1. The van der Waals surface area contributed by atoms with E-state index in [1.165, 1.54) is 37.1 Å². The van der Waals surface area contributed by atoms with Crippen LogP contribution >= 0.6 is 0 Å². The minimum atomic E-state index is 0.366. The normalized spacial score (nSPS) is 31.9. The standard InChI is InChI=1S/C22H28N4O/c1-3-15-12-23-14(2)24-22(15)26-13-19(17-5-4-6-18(27)11-17)21-20(26)16-7-9-25(21)10-8-16/h4-6,11-12,16,19-21,27H,3,7-10,13H2,1-2H3/t19-,20+,21+/m1/s1. The highest BCUT2D eigenvalue weighted by Gasteiger charge is 2.54. The highest BCUT2D eigenvalue weighted by molar-refractivity contribution is 5.52. The van der Waals surface area contributed by atoms with Crippen LogP contribution in [0.25, 0.3) is 0 Å². The summed E-state index contributed by atoms with van der Waals surface area (Å²) in [7, 11) is 0. The largest absolute Gasteiger partial charge is 0.508 e. The highest BCUT2D eigenvalue weighted by Crippen LogP contribution is 2.48. The van der Waals surface area contributed by atoms with E-state index in [1.807, 2.05) is 25.3 Å². The van der Waals surface area contributed by atoms with Crippen LogP contribution < -0.4 is 4.90 Å². The lowest BCUT2D eigenvalue weighted by Gasteiger charge is -2.51. The minimum absolute atomic E-state index is 0.366. The number of aryl methyl sites for hydroxylation is 2. The Morgan fingerprint density at radius 3 is 2.74 bits per heavy atom. The van der Waals surface area contributed by atoms with Gasteiger partial charge in [0.2, 0.25) is 0 Å². The molecule has 0 radical (unpaired) electrons. The van der Waals surface area contributed by atoms with Gasteiger partial charge in [0, 0.05) is 36.3 Å². The molecule has 3 atom stereocenters. The smallest absolute Gasteiger partial charge is 0.135 e. The van der Waals surface area contributed by atoms with Crippen molar-refractivity contribution in [1.82, 2.24) is 14.9 Å². The zero-order chi connectivity index (χ0) is 18.5. The highest BCUT2D eigenvalue weighted by atomic mass is 16.3. The van der Waals surface area contributed by atoms with Gasteiger partial charge in [-0.15, -0.1) is 0 Å². The number of piperidine rings is 3. The molecule has 0 aliphatic carbocycles. The lowest BCUT2D eigenvalue weighted by molar-refractivity contribution is 0.0354. The van der Waals surface area contributed by atoms with Gasteiger partial charge < -0.3 is 10.0 Å². The van der Waals surface area contributed by atoms with E-state index in [0.717, 1.165) is 30.5 Å². The van der Waals surface area contributed by atoms with Crippen molar-refractivity contribution in [2.75, 3.05) is 24.5 Å². The number of rotatable bonds is 3. The van der Waals surface area contributed by atoms with Gasteiger partial charge in [-0.2, -0.15) is 0 Å². The number of aromatic nitrogens is 2. The molecule has 1 aromatic carbocycles. The maximum atomic E-state index is 10.1. The Bertz CT molecular complexity index is 846. The van der Waals surface area contributed by atoms with Crippen molar-refractivity contribution in [3.8, 4) is 5.75 Å². The molecule has 142 valence electrons. The minimum Gasteiger partial charge on any atom is -0.508 e. The molecular weight excluding hydrogens is 336 g/mol. The topological polar surface area (TPSA) is 52.5 Å². The van der Waals surface area contributed by atoms with Crippen molar-refractivity contribution in [1.29, 1.82) is 0 Å². The summed E-state index contributed by atoms with van der Waals surface area (Å²) in [5, 5.41) is 10.1. The third-order valence-electron chi connectivity index (χ3n) is 6.91. The number of benzene rings is 1. The average molecular weight is 364 g/mol. The summed E-state index contributed by atoms with van der Waals surface area (Å²) >= 11 is 0. The molecule has 4 fully saturated rings. The van der Waals surface area contributed by atoms with Gasteiger partial charge in [0.1, 0.15) is 17.4 Å². The Morgan fingerprint density at radius 1 is 1.19 bits per heavy atom. The van der Waals surface area contributed by atoms with Crippen LogP contribution in [-0.4, -0.2) is 51.7 Å². The van der Waals surface area contributed by atoms with Crippen molar-refractivity contribution >= 4 is 5.82 Å². The summed E-state index contributed by atoms with van der Waals surface area (Å²) in [6.45, 7) is 7.56. The fraction of sp³-hybridized carbons (Fsp3) is 0.545. The van der Waals surface area contributed by atoms with Crippen molar-refractivity contribution in [2.24, 2.45) is 5.92 Å². The predicted octanol–water partition coefficient (Wildman–Crippen LogP) is 3.12. The van der Waals surface area contributed by atoms with Crippen LogP contribution in [0.5, 0.6) is 5.75 Å². The quantitative estimate of drug-likeness (QED) is 0.907. The number of phenolic OH excluding ortho intramolecular Hbond substituents is 1. The lowest BCUT2D eigenvalue weighted by atomic mass is 9.75. The van der Waals surface area contributed by atoms with Crippen LogP contribution in [0.1, 0.15) is 42.6 Å². The van der Waals surface area contributed by atoms with E-state index in [1.54, 1.807) is 6.07 Å². The van der Waals surface area contributed by atoms with E-state index in [9.17, 15) is 5.11 Å². The summed E-state index contributed by atoms with van der Waals surface area (Å²) < 4.78 is 0. The van der Waals surface area contributed by atoms with E-state index in [0.29, 0.717) is 23.8 Å². The van der Waals surface area contributed by atoms with Gasteiger partial charge in [-0.3, -0.25) is 4.90 Å². The zero-order valence-electron chi connectivity index (χ0n) is 16.2. The lowest BCUT2D eigenvalue weighted by Crippen LogP contribution is -2.60. The number of fused-ring (bicyclic) bond motifs is 2. The van der Waals surface area contributed by atoms with Crippen molar-refractivity contribution in [2.45, 2.75) is 51.1 Å². The molecule has 0 amide bonds. The van der Waals surface area contributed by atoms with Crippen molar-refractivity contribution in [3.63, 3.8) is 0 Å². The molecule has 5 heteroatoms. The van der Waals surface area contributed by atoms with Gasteiger partial charge in [0.05, 0.1) is 0 Å². The van der Waals surface area contributed by atoms with Crippen LogP contribution in [0.3, 0.4) is 0 Å². The zero-order valence-corrected chi connectivity index (χ0v) is 16.2. The van der Waals surface area contributed by atoms with Gasteiger partial charge >= 0.3 is 0 Å². The van der Waals surface area contributed by atoms with E-state index in [-0.39, 0.29) is 0 Å². The first kappa shape index (κ1) is 17.0. The first-order chi connectivity index (χ1) is 13.2. The third kappa shape index (κ3) is 2.71. The number of hydrogen-bond donors (Lipinski definition) is 1. The van der Waals surface area contributed by atoms with Gasteiger partial charge in [-0.25, -0.2) is 9.97 Å². The van der Waals surface area contributed by atoms with Crippen molar-refractivity contribution < 1.29 is 5.11 Å². The fourth-order valence-electron chi connectivity index (χ4n) is 5.69. The summed E-state index contributed by atoms with van der Waals surface area (Å²) in [4.78, 5) is 14.6. The van der Waals surface area contributed by atoms with Gasteiger partial charge in [0.15, 0.2) is 0 Å². The SMILES string of the molecule is CCc1cnc(C)nc1N1C[C@H](c2cccc(O)c2)[C@H]2[C@@H]1C1CCN2CC1. The predicted molar refractivity (Wildman–Crippen MR) is 106 cm³/mol. The van der Waals surface area contributed by atoms with E-state index in [2.05, 4.69) is 27.8 Å². The number of nitrogens with zero attached hydrogens (tertiary/aromatic N) is 4. The second-order valence-electron chi connectivity index (χ2n) is 8.33. The molecule has 1 N–H and O–H groups in total. The molecule has 6 rings (SSSR count). The van der Waals surface area contributed by atoms with Crippen LogP contribution in [0.15, 0.2) is 30.5 Å². The molecule has 5 heterocycles. The first-order valence-electron chi connectivity index (χ1n) is 10.3. The Balaban J connectivity index is 1.60. The molecule has 0 spiro atoms. The summed E-state index contributed by atoms with van der Waals surface area (Å²) in [5.74, 6) is 3.50. The summed E-state index contributed by atoms with van der Waals surface area (Å²) in [6.07, 6.45) is 5.54. The molecule has 4 aliphatic rings. The Kier molecular flexibility index (Phi) is 4.08. The average Bonchev–Trinajstić information content (AvgIpc) is 3.12. The molecule has 4 aliphatic heterocycles. The number of hydrogen-bond acceptors (Lipinski definition) is 5. The van der Waals surface area contributed by atoms with Gasteiger partial charge in [0.25, 0.3) is 0 Å². The molecule has 27 heavy (non-hydrogen) atoms. The molecule has 1 aromatic heterocycles. The Morgan fingerprint density at radius 2 is 2.00 bits per heavy atom. The summed E-state index contributed by atoms with van der Waals surface area (Å²) in [6, 6.07) is 8.91. The maximum Gasteiger partial charge on any atom is 0.135 e. The van der Waals surface area contributed by atoms with Crippen LogP contribution in [0.2, 0.25) is 0 Å². The molecule has 0 saturated carbocycles. The number of phenols is 1. The second kappa shape index (κ2) is 6.48. The molecular formula is C22H28N4O. The molecule has 4 saturated heterocycles. The first-order valence-corrected chi connectivity index (χ1v) is 10.3. The van der Waals surface area contributed by atoms with E-state index in [4.69, 9.17) is 4.98 Å². The van der Waals surface area contributed by atoms with Gasteiger partial charge in [-0.1, -0.05) is 19.1 Å². The summed E-state index contributed by atoms with van der Waals surface area (Å²) in [5.41, 5.74) is 2.50. The second-order valence-corrected chi connectivity index (χ2v) is 8.33. The maximum absolute atomic E-state index is 10.1.